The summed E-state index contributed by atoms with van der Waals surface area (Å²) >= 11 is 0. The first-order valence-corrected chi connectivity index (χ1v) is 7.64. The molecule has 1 rings (SSSR count). The summed E-state index contributed by atoms with van der Waals surface area (Å²) in [6.07, 6.45) is 3.15. The highest BCUT2D eigenvalue weighted by molar-refractivity contribution is 5.75. The van der Waals surface area contributed by atoms with Crippen LogP contribution in [0.3, 0.4) is 0 Å². The zero-order valence-corrected chi connectivity index (χ0v) is 13.6. The molecule has 1 amide bonds. The third-order valence-corrected chi connectivity index (χ3v) is 3.08. The van der Waals surface area contributed by atoms with Gasteiger partial charge in [0.1, 0.15) is 0 Å². The van der Waals surface area contributed by atoms with Crippen molar-refractivity contribution in [3.05, 3.63) is 23.8 Å². The van der Waals surface area contributed by atoms with Crippen molar-refractivity contribution in [1.29, 1.82) is 0 Å². The molecule has 0 aliphatic carbocycles. The Labute approximate surface area is 132 Å². The normalized spacial score (nSPS) is 10.0. The Balaban J connectivity index is 2.25. The summed E-state index contributed by atoms with van der Waals surface area (Å²) < 4.78 is 5.04. The lowest BCUT2D eigenvalue weighted by Gasteiger charge is -2.08. The number of aromatic hydroxyl groups is 1. The minimum absolute atomic E-state index is 0.0314. The van der Waals surface area contributed by atoms with E-state index in [2.05, 4.69) is 31.0 Å². The molecule has 0 saturated carbocycles. The number of benzene rings is 1. The number of phenols is 1. The van der Waals surface area contributed by atoms with Crippen LogP contribution in [0.15, 0.2) is 18.2 Å². The lowest BCUT2D eigenvalue weighted by Crippen LogP contribution is -2.22. The van der Waals surface area contributed by atoms with Crippen LogP contribution in [0.2, 0.25) is 0 Å². The van der Waals surface area contributed by atoms with E-state index in [0.29, 0.717) is 24.6 Å². The van der Waals surface area contributed by atoms with Gasteiger partial charge in [-0.3, -0.25) is 4.79 Å². The fourth-order valence-corrected chi connectivity index (χ4v) is 1.90. The number of hydrogen-bond donors (Lipinski definition) is 2. The molecule has 0 heterocycles. The van der Waals surface area contributed by atoms with Gasteiger partial charge in [-0.1, -0.05) is 19.9 Å². The van der Waals surface area contributed by atoms with Gasteiger partial charge in [-0.25, -0.2) is 0 Å². The van der Waals surface area contributed by atoms with Crippen molar-refractivity contribution in [2.45, 2.75) is 46.1 Å². The van der Waals surface area contributed by atoms with E-state index in [9.17, 15) is 9.90 Å². The molecule has 0 spiro atoms. The molecule has 0 aliphatic heterocycles. The van der Waals surface area contributed by atoms with Crippen molar-refractivity contribution in [3.8, 4) is 23.3 Å². The standard InChI is InChI=1S/C18H25NO3/c1-14(2)8-6-4-5-7-9-18(21)19-13-15-10-11-16(20)17(12-15)22-3/h10-12,14,20H,4-5,7,9,13H2,1-3H3,(H,19,21). The van der Waals surface area contributed by atoms with Gasteiger partial charge in [-0.2, -0.15) is 0 Å². The SMILES string of the molecule is COc1cc(CNC(=O)CCCCC#CC(C)C)ccc1O. The fraction of sp³-hybridized carbons (Fsp3) is 0.500. The largest absolute Gasteiger partial charge is 0.504 e. The number of hydrogen-bond acceptors (Lipinski definition) is 3. The predicted octanol–water partition coefficient (Wildman–Crippen LogP) is 3.24. The van der Waals surface area contributed by atoms with Crippen LogP contribution in [-0.2, 0) is 11.3 Å². The fourth-order valence-electron chi connectivity index (χ4n) is 1.90. The minimum atomic E-state index is 0.0314. The summed E-state index contributed by atoms with van der Waals surface area (Å²) in [5, 5.41) is 12.4. The Morgan fingerprint density at radius 2 is 2.14 bits per heavy atom. The first kappa shape index (κ1) is 17.9. The van der Waals surface area contributed by atoms with E-state index < -0.39 is 0 Å². The summed E-state index contributed by atoms with van der Waals surface area (Å²) in [6.45, 7) is 4.57. The van der Waals surface area contributed by atoms with Crippen molar-refractivity contribution in [1.82, 2.24) is 5.32 Å². The zero-order chi connectivity index (χ0) is 16.4. The number of nitrogens with one attached hydrogen (secondary N) is 1. The highest BCUT2D eigenvalue weighted by atomic mass is 16.5. The van der Waals surface area contributed by atoms with Crippen molar-refractivity contribution in [2.75, 3.05) is 7.11 Å². The maximum atomic E-state index is 11.8. The highest BCUT2D eigenvalue weighted by Crippen LogP contribution is 2.26. The molecule has 0 bridgehead atoms. The molecule has 0 aromatic heterocycles. The third-order valence-electron chi connectivity index (χ3n) is 3.08. The Hall–Kier alpha value is -2.15. The summed E-state index contributed by atoms with van der Waals surface area (Å²) in [7, 11) is 1.50. The van der Waals surface area contributed by atoms with Crippen LogP contribution >= 0.6 is 0 Å². The Morgan fingerprint density at radius 3 is 2.82 bits per heavy atom. The van der Waals surface area contributed by atoms with Crippen LogP contribution in [-0.4, -0.2) is 18.1 Å². The van der Waals surface area contributed by atoms with Crippen molar-refractivity contribution in [3.63, 3.8) is 0 Å². The maximum absolute atomic E-state index is 11.8. The minimum Gasteiger partial charge on any atom is -0.504 e. The summed E-state index contributed by atoms with van der Waals surface area (Å²) in [4.78, 5) is 11.8. The molecule has 22 heavy (non-hydrogen) atoms. The van der Waals surface area contributed by atoms with Crippen molar-refractivity contribution >= 4 is 5.91 Å². The number of methoxy groups -OCH3 is 1. The monoisotopic (exact) mass is 303 g/mol. The van der Waals surface area contributed by atoms with E-state index >= 15 is 0 Å². The second-order valence-electron chi connectivity index (χ2n) is 5.47. The molecule has 4 nitrogen and oxygen atoms in total. The van der Waals surface area contributed by atoms with Crippen molar-refractivity contribution < 1.29 is 14.6 Å². The second-order valence-corrected chi connectivity index (χ2v) is 5.47. The molecule has 120 valence electrons. The number of phenolic OH excluding ortho intramolecular Hbond substituents is 1. The second kappa shape index (κ2) is 9.73. The number of amides is 1. The molecule has 0 aliphatic rings. The molecule has 0 radical (unpaired) electrons. The topological polar surface area (TPSA) is 58.6 Å². The number of ether oxygens (including phenoxy) is 1. The predicted molar refractivity (Wildman–Crippen MR) is 87.6 cm³/mol. The summed E-state index contributed by atoms with van der Waals surface area (Å²) in [6, 6.07) is 5.05. The summed E-state index contributed by atoms with van der Waals surface area (Å²) in [5.41, 5.74) is 0.894. The van der Waals surface area contributed by atoms with Gasteiger partial charge in [0.05, 0.1) is 7.11 Å². The average Bonchev–Trinajstić information content (AvgIpc) is 2.49. The van der Waals surface area contributed by atoms with Crippen molar-refractivity contribution in [2.24, 2.45) is 5.92 Å². The third kappa shape index (κ3) is 7.03. The summed E-state index contributed by atoms with van der Waals surface area (Å²) in [5.74, 6) is 7.18. The first-order valence-electron chi connectivity index (χ1n) is 7.64. The Morgan fingerprint density at radius 1 is 1.36 bits per heavy atom. The van der Waals surface area contributed by atoms with E-state index in [1.54, 1.807) is 18.2 Å². The molecule has 4 heteroatoms. The van der Waals surface area contributed by atoms with Gasteiger partial charge in [0.15, 0.2) is 11.5 Å². The number of carbonyl (C=O) groups is 1. The quantitative estimate of drug-likeness (QED) is 0.600. The highest BCUT2D eigenvalue weighted by Gasteiger charge is 2.04. The Bertz CT molecular complexity index is 541. The molecule has 1 aromatic carbocycles. The van der Waals surface area contributed by atoms with Crippen LogP contribution in [0.1, 0.15) is 45.1 Å². The van der Waals surface area contributed by atoms with Gasteiger partial charge < -0.3 is 15.2 Å². The number of carbonyl (C=O) groups excluding carboxylic acids is 1. The molecule has 0 saturated heterocycles. The zero-order valence-electron chi connectivity index (χ0n) is 13.6. The van der Waals surface area contributed by atoms with Gasteiger partial charge in [-0.05, 0) is 30.5 Å². The lowest BCUT2D eigenvalue weighted by atomic mass is 10.1. The van der Waals surface area contributed by atoms with E-state index in [0.717, 1.165) is 24.8 Å². The van der Waals surface area contributed by atoms with Gasteiger partial charge in [0.25, 0.3) is 0 Å². The van der Waals surface area contributed by atoms with Crippen LogP contribution < -0.4 is 10.1 Å². The van der Waals surface area contributed by atoms with Gasteiger partial charge >= 0.3 is 0 Å². The lowest BCUT2D eigenvalue weighted by molar-refractivity contribution is -0.121. The molecule has 0 unspecified atom stereocenters. The van der Waals surface area contributed by atoms with Crippen LogP contribution in [0, 0.1) is 17.8 Å². The van der Waals surface area contributed by atoms with E-state index in [-0.39, 0.29) is 11.7 Å². The van der Waals surface area contributed by atoms with Gasteiger partial charge in [-0.15, -0.1) is 11.8 Å². The van der Waals surface area contributed by atoms with Gasteiger partial charge in [0.2, 0.25) is 5.91 Å². The van der Waals surface area contributed by atoms with E-state index in [1.165, 1.54) is 7.11 Å². The molecule has 0 atom stereocenters. The van der Waals surface area contributed by atoms with Crippen LogP contribution in [0.4, 0.5) is 0 Å². The molecular formula is C18H25NO3. The maximum Gasteiger partial charge on any atom is 0.220 e. The molecular weight excluding hydrogens is 278 g/mol. The van der Waals surface area contributed by atoms with Gasteiger partial charge in [0, 0.05) is 25.3 Å². The van der Waals surface area contributed by atoms with E-state index in [1.807, 2.05) is 0 Å². The first-order chi connectivity index (χ1) is 10.5. The number of rotatable bonds is 7. The van der Waals surface area contributed by atoms with Crippen LogP contribution in [0.5, 0.6) is 11.5 Å². The van der Waals surface area contributed by atoms with Crippen LogP contribution in [0.25, 0.3) is 0 Å². The molecule has 0 fully saturated rings. The number of unbranched alkanes of at least 4 members (excludes halogenated alkanes) is 2. The average molecular weight is 303 g/mol. The molecule has 2 N–H and O–H groups in total. The Kier molecular flexibility index (Phi) is 7.91. The van der Waals surface area contributed by atoms with E-state index in [4.69, 9.17) is 4.74 Å². The molecule has 1 aromatic rings. The smallest absolute Gasteiger partial charge is 0.220 e.